The van der Waals surface area contributed by atoms with E-state index in [-0.39, 0.29) is 18.2 Å². The largest absolute Gasteiger partial charge is 0.376 e. The van der Waals surface area contributed by atoms with E-state index in [2.05, 4.69) is 10.3 Å². The Morgan fingerprint density at radius 1 is 1.47 bits per heavy atom. The summed E-state index contributed by atoms with van der Waals surface area (Å²) in [7, 11) is 0. The van der Waals surface area contributed by atoms with Crippen LogP contribution in [-0.2, 0) is 4.74 Å². The molecule has 3 rings (SSSR count). The fourth-order valence-corrected chi connectivity index (χ4v) is 2.87. The van der Waals surface area contributed by atoms with Crippen molar-refractivity contribution in [3.05, 3.63) is 23.4 Å². The first kappa shape index (κ1) is 11.3. The highest BCUT2D eigenvalue weighted by atomic mass is 35.5. The van der Waals surface area contributed by atoms with Gasteiger partial charge >= 0.3 is 0 Å². The average molecular weight is 254 g/mol. The summed E-state index contributed by atoms with van der Waals surface area (Å²) in [5.41, 5.74) is 6.16. The summed E-state index contributed by atoms with van der Waals surface area (Å²) < 4.78 is 5.76. The molecule has 4 unspecified atom stereocenters. The van der Waals surface area contributed by atoms with Crippen LogP contribution < -0.4 is 11.1 Å². The minimum atomic E-state index is 0.165. The Bertz CT molecular complexity index is 397. The molecule has 4 nitrogen and oxygen atoms in total. The van der Waals surface area contributed by atoms with E-state index in [1.165, 1.54) is 6.42 Å². The standard InChI is InChI=1S/C12H16ClN3O/c13-7-3-4-9(15-6-7)16-11-10(14)8-2-1-5-17-12(8)11/h3-4,6,8,10-12H,1-2,5,14H2,(H,15,16). The molecule has 2 heterocycles. The Morgan fingerprint density at radius 3 is 3.12 bits per heavy atom. The van der Waals surface area contributed by atoms with Crippen molar-refractivity contribution in [1.82, 2.24) is 4.98 Å². The molecule has 92 valence electrons. The van der Waals surface area contributed by atoms with Crippen molar-refractivity contribution < 1.29 is 4.74 Å². The molecule has 0 radical (unpaired) electrons. The predicted octanol–water partition coefficient (Wildman–Crippen LogP) is 1.65. The molecule has 1 aliphatic heterocycles. The summed E-state index contributed by atoms with van der Waals surface area (Å²) in [5, 5.41) is 3.97. The summed E-state index contributed by atoms with van der Waals surface area (Å²) in [4.78, 5) is 4.22. The van der Waals surface area contributed by atoms with Crippen molar-refractivity contribution in [3.63, 3.8) is 0 Å². The van der Waals surface area contributed by atoms with Gasteiger partial charge in [0.05, 0.1) is 17.2 Å². The van der Waals surface area contributed by atoms with Gasteiger partial charge in [0.2, 0.25) is 0 Å². The van der Waals surface area contributed by atoms with Crippen LogP contribution in [0.5, 0.6) is 0 Å². The lowest BCUT2D eigenvalue weighted by atomic mass is 9.68. The third-order valence-corrected chi connectivity index (χ3v) is 3.94. The van der Waals surface area contributed by atoms with Gasteiger partial charge in [-0.05, 0) is 25.0 Å². The van der Waals surface area contributed by atoms with Crippen LogP contribution in [-0.4, -0.2) is 29.8 Å². The Labute approximate surface area is 106 Å². The lowest BCUT2D eigenvalue weighted by Crippen LogP contribution is -2.69. The van der Waals surface area contributed by atoms with Gasteiger partial charge in [-0.15, -0.1) is 0 Å². The van der Waals surface area contributed by atoms with Crippen LogP contribution in [0.3, 0.4) is 0 Å². The van der Waals surface area contributed by atoms with Crippen LogP contribution in [0.2, 0.25) is 5.02 Å². The van der Waals surface area contributed by atoms with E-state index in [1.54, 1.807) is 6.20 Å². The molecule has 17 heavy (non-hydrogen) atoms. The SMILES string of the molecule is NC1C2CCCOC2C1Nc1ccc(Cl)cn1. The monoisotopic (exact) mass is 253 g/mol. The number of hydrogen-bond donors (Lipinski definition) is 2. The zero-order valence-electron chi connectivity index (χ0n) is 9.47. The Hall–Kier alpha value is -0.840. The molecule has 0 amide bonds. The predicted molar refractivity (Wildman–Crippen MR) is 67.1 cm³/mol. The molecular weight excluding hydrogens is 238 g/mol. The molecule has 2 aliphatic rings. The van der Waals surface area contributed by atoms with Crippen LogP contribution in [0.25, 0.3) is 0 Å². The van der Waals surface area contributed by atoms with Crippen LogP contribution in [0.4, 0.5) is 5.82 Å². The van der Waals surface area contributed by atoms with Crippen LogP contribution in [0, 0.1) is 5.92 Å². The average Bonchev–Trinajstić information content (AvgIpc) is 2.37. The lowest BCUT2D eigenvalue weighted by molar-refractivity contribution is -0.104. The first-order valence-electron chi connectivity index (χ1n) is 6.01. The van der Waals surface area contributed by atoms with Gasteiger partial charge in [-0.3, -0.25) is 0 Å². The Balaban J connectivity index is 1.67. The molecule has 1 aromatic heterocycles. The van der Waals surface area contributed by atoms with E-state index in [0.29, 0.717) is 10.9 Å². The minimum absolute atomic E-state index is 0.165. The van der Waals surface area contributed by atoms with Crippen molar-refractivity contribution in [2.75, 3.05) is 11.9 Å². The number of nitrogens with two attached hydrogens (primary N) is 1. The van der Waals surface area contributed by atoms with Crippen molar-refractivity contribution in [2.45, 2.75) is 31.0 Å². The summed E-state index contributed by atoms with van der Waals surface area (Å²) in [6.45, 7) is 0.847. The van der Waals surface area contributed by atoms with Gasteiger partial charge in [0.25, 0.3) is 0 Å². The smallest absolute Gasteiger partial charge is 0.126 e. The molecule has 1 saturated carbocycles. The highest BCUT2D eigenvalue weighted by molar-refractivity contribution is 6.30. The molecule has 5 heteroatoms. The van der Waals surface area contributed by atoms with E-state index in [0.717, 1.165) is 18.8 Å². The maximum atomic E-state index is 6.16. The van der Waals surface area contributed by atoms with E-state index in [9.17, 15) is 0 Å². The van der Waals surface area contributed by atoms with E-state index in [1.807, 2.05) is 12.1 Å². The number of fused-ring (bicyclic) bond motifs is 1. The first-order valence-corrected chi connectivity index (χ1v) is 6.39. The van der Waals surface area contributed by atoms with Crippen LogP contribution in [0.1, 0.15) is 12.8 Å². The van der Waals surface area contributed by atoms with E-state index < -0.39 is 0 Å². The third kappa shape index (κ3) is 2.01. The van der Waals surface area contributed by atoms with Crippen molar-refractivity contribution in [1.29, 1.82) is 0 Å². The number of pyridine rings is 1. The number of rotatable bonds is 2. The second-order valence-electron chi connectivity index (χ2n) is 4.75. The number of ether oxygens (including phenoxy) is 1. The Kier molecular flexibility index (Phi) is 2.94. The number of halogens is 1. The first-order chi connectivity index (χ1) is 8.25. The van der Waals surface area contributed by atoms with Gasteiger partial charge in [-0.25, -0.2) is 4.98 Å². The molecule has 4 atom stereocenters. The molecule has 0 bridgehead atoms. The number of nitrogens with one attached hydrogen (secondary N) is 1. The van der Waals surface area contributed by atoms with Gasteiger partial charge in [0.1, 0.15) is 5.82 Å². The molecule has 3 N–H and O–H groups in total. The molecular formula is C12H16ClN3O. The third-order valence-electron chi connectivity index (χ3n) is 3.72. The maximum absolute atomic E-state index is 6.16. The number of nitrogens with zero attached hydrogens (tertiary/aromatic N) is 1. The van der Waals surface area contributed by atoms with Crippen molar-refractivity contribution in [2.24, 2.45) is 11.7 Å². The molecule has 1 aromatic rings. The van der Waals surface area contributed by atoms with Gasteiger partial charge in [-0.2, -0.15) is 0 Å². The van der Waals surface area contributed by atoms with Crippen molar-refractivity contribution in [3.8, 4) is 0 Å². The van der Waals surface area contributed by atoms with Crippen LogP contribution >= 0.6 is 11.6 Å². The second kappa shape index (κ2) is 4.44. The Morgan fingerprint density at radius 2 is 2.35 bits per heavy atom. The van der Waals surface area contributed by atoms with Crippen molar-refractivity contribution >= 4 is 17.4 Å². The highest BCUT2D eigenvalue weighted by Gasteiger charge is 2.50. The summed E-state index contributed by atoms with van der Waals surface area (Å²) in [5.74, 6) is 1.32. The molecule has 0 spiro atoms. The summed E-state index contributed by atoms with van der Waals surface area (Å²) in [6.07, 6.45) is 4.18. The number of hydrogen-bond acceptors (Lipinski definition) is 4. The fourth-order valence-electron chi connectivity index (χ4n) is 2.76. The summed E-state index contributed by atoms with van der Waals surface area (Å²) >= 11 is 5.80. The molecule has 1 saturated heterocycles. The fraction of sp³-hybridized carbons (Fsp3) is 0.583. The topological polar surface area (TPSA) is 60.2 Å². The van der Waals surface area contributed by atoms with Gasteiger partial charge < -0.3 is 15.8 Å². The minimum Gasteiger partial charge on any atom is -0.376 e. The lowest BCUT2D eigenvalue weighted by Gasteiger charge is -2.52. The zero-order chi connectivity index (χ0) is 11.8. The van der Waals surface area contributed by atoms with E-state index >= 15 is 0 Å². The zero-order valence-corrected chi connectivity index (χ0v) is 10.2. The summed E-state index contributed by atoms with van der Waals surface area (Å²) in [6, 6.07) is 4.03. The van der Waals surface area contributed by atoms with Gasteiger partial charge in [0.15, 0.2) is 0 Å². The van der Waals surface area contributed by atoms with E-state index in [4.69, 9.17) is 22.1 Å². The molecule has 1 aliphatic carbocycles. The van der Waals surface area contributed by atoms with Crippen LogP contribution in [0.15, 0.2) is 18.3 Å². The number of aromatic nitrogens is 1. The van der Waals surface area contributed by atoms with Gasteiger partial charge in [-0.1, -0.05) is 11.6 Å². The highest BCUT2D eigenvalue weighted by Crippen LogP contribution is 2.38. The normalized spacial score (nSPS) is 35.9. The maximum Gasteiger partial charge on any atom is 0.126 e. The molecule has 2 fully saturated rings. The molecule has 0 aromatic carbocycles. The number of anilines is 1. The second-order valence-corrected chi connectivity index (χ2v) is 5.19. The quantitative estimate of drug-likeness (QED) is 0.842. The van der Waals surface area contributed by atoms with Gasteiger partial charge in [0, 0.05) is 24.8 Å².